The minimum atomic E-state index is -0.258. The number of nitrogens with zero attached hydrogens (tertiary/aromatic N) is 2. The van der Waals surface area contributed by atoms with Gasteiger partial charge in [-0.15, -0.1) is 12.4 Å². The number of aryl methyl sites for hydroxylation is 1. The third kappa shape index (κ3) is 6.07. The zero-order valence-corrected chi connectivity index (χ0v) is 19.9. The van der Waals surface area contributed by atoms with Gasteiger partial charge in [-0.3, -0.25) is 14.5 Å². The summed E-state index contributed by atoms with van der Waals surface area (Å²) in [6.07, 6.45) is 2.29. The molecule has 32 heavy (non-hydrogen) atoms. The first kappa shape index (κ1) is 24.6. The van der Waals surface area contributed by atoms with E-state index in [0.717, 1.165) is 56.1 Å². The Kier molecular flexibility index (Phi) is 8.65. The van der Waals surface area contributed by atoms with Crippen LogP contribution < -0.4 is 15.0 Å². The Balaban J connectivity index is 0.00000289. The Bertz CT molecular complexity index is 978. The largest absolute Gasteiger partial charge is 0.426 e. The molecule has 0 bridgehead atoms. The molecule has 2 aromatic rings. The van der Waals surface area contributed by atoms with Gasteiger partial charge in [-0.2, -0.15) is 0 Å². The molecule has 0 spiro atoms. The topological polar surface area (TPSA) is 61.9 Å². The Morgan fingerprint density at radius 3 is 2.62 bits per heavy atom. The second-order valence-corrected chi connectivity index (χ2v) is 8.63. The highest BCUT2D eigenvalue weighted by Crippen LogP contribution is 2.33. The molecule has 0 atom stereocenters. The molecule has 172 valence electrons. The number of anilines is 2. The lowest BCUT2D eigenvalue weighted by Gasteiger charge is -2.36. The molecule has 1 fully saturated rings. The average Bonchev–Trinajstić information content (AvgIpc) is 2.76. The first-order valence-corrected chi connectivity index (χ1v) is 11.3. The molecule has 2 aliphatic heterocycles. The van der Waals surface area contributed by atoms with Crippen LogP contribution in [0.5, 0.6) is 5.75 Å². The van der Waals surface area contributed by atoms with Crippen LogP contribution in [0.1, 0.15) is 24.8 Å². The van der Waals surface area contributed by atoms with Crippen LogP contribution in [0.2, 0.25) is 10.0 Å². The molecule has 2 heterocycles. The first-order valence-electron chi connectivity index (χ1n) is 10.5. The molecule has 2 aliphatic rings. The molecule has 0 aliphatic carbocycles. The SMILES string of the molecule is Cl.O=C1CCc2ccc(OC(=O)CCCN3CCN(c4cccc(Cl)c4Cl)CC3)cc2N1. The number of fused-ring (bicyclic) bond motifs is 1. The Labute approximate surface area is 204 Å². The summed E-state index contributed by atoms with van der Waals surface area (Å²) in [5.41, 5.74) is 2.77. The predicted molar refractivity (Wildman–Crippen MR) is 131 cm³/mol. The van der Waals surface area contributed by atoms with E-state index in [1.165, 1.54) is 0 Å². The molecule has 6 nitrogen and oxygen atoms in total. The number of ether oxygens (including phenoxy) is 1. The number of rotatable bonds is 6. The molecular formula is C23H26Cl3N3O3. The molecular weight excluding hydrogens is 473 g/mol. The monoisotopic (exact) mass is 497 g/mol. The number of nitrogens with one attached hydrogen (secondary N) is 1. The number of piperazine rings is 1. The highest BCUT2D eigenvalue weighted by molar-refractivity contribution is 6.43. The smallest absolute Gasteiger partial charge is 0.311 e. The minimum absolute atomic E-state index is 0. The minimum Gasteiger partial charge on any atom is -0.426 e. The van der Waals surface area contributed by atoms with Gasteiger partial charge < -0.3 is 15.0 Å². The molecule has 4 rings (SSSR count). The summed E-state index contributed by atoms with van der Waals surface area (Å²) in [5.74, 6) is 0.207. The summed E-state index contributed by atoms with van der Waals surface area (Å²) in [7, 11) is 0. The fraction of sp³-hybridized carbons (Fsp3) is 0.391. The molecule has 2 aromatic carbocycles. The number of benzene rings is 2. The van der Waals surface area contributed by atoms with E-state index in [-0.39, 0.29) is 24.3 Å². The number of hydrogen-bond acceptors (Lipinski definition) is 5. The Hall–Kier alpha value is -1.99. The molecule has 1 N–H and O–H groups in total. The van der Waals surface area contributed by atoms with Crippen molar-refractivity contribution in [1.82, 2.24) is 4.90 Å². The quantitative estimate of drug-likeness (QED) is 0.457. The van der Waals surface area contributed by atoms with Gasteiger partial charge in [0, 0.05) is 50.8 Å². The van der Waals surface area contributed by atoms with E-state index in [1.807, 2.05) is 18.2 Å². The molecule has 1 saturated heterocycles. The second-order valence-electron chi connectivity index (χ2n) is 7.85. The van der Waals surface area contributed by atoms with Crippen LogP contribution >= 0.6 is 35.6 Å². The van der Waals surface area contributed by atoms with Crippen molar-refractivity contribution in [2.45, 2.75) is 25.7 Å². The first-order chi connectivity index (χ1) is 15.0. The molecule has 0 unspecified atom stereocenters. The van der Waals surface area contributed by atoms with Crippen LogP contribution in [0.15, 0.2) is 36.4 Å². The number of amides is 1. The highest BCUT2D eigenvalue weighted by Gasteiger charge is 2.20. The lowest BCUT2D eigenvalue weighted by molar-refractivity contribution is -0.134. The van der Waals surface area contributed by atoms with E-state index in [0.29, 0.717) is 35.1 Å². The third-order valence-corrected chi connectivity index (χ3v) is 6.52. The van der Waals surface area contributed by atoms with Gasteiger partial charge in [-0.1, -0.05) is 35.3 Å². The molecule has 9 heteroatoms. The molecule has 1 amide bonds. The van der Waals surface area contributed by atoms with E-state index < -0.39 is 0 Å². The summed E-state index contributed by atoms with van der Waals surface area (Å²) in [5, 5.41) is 4.00. The summed E-state index contributed by atoms with van der Waals surface area (Å²) in [4.78, 5) is 28.4. The standard InChI is InChI=1S/C23H25Cl2N3O3.ClH/c24-18-3-1-4-20(23(18)25)28-13-11-27(12-14-28)10-2-5-22(30)31-17-8-6-16-7-9-21(29)26-19(16)15-17;/h1,3-4,6,8,15H,2,5,7,9-14H2,(H,26,29);1H. The van der Waals surface area contributed by atoms with Crippen molar-refractivity contribution in [3.8, 4) is 5.75 Å². The van der Waals surface area contributed by atoms with Gasteiger partial charge >= 0.3 is 5.97 Å². The van der Waals surface area contributed by atoms with Gasteiger partial charge in [0.15, 0.2) is 0 Å². The van der Waals surface area contributed by atoms with E-state index in [9.17, 15) is 9.59 Å². The van der Waals surface area contributed by atoms with Gasteiger partial charge in [0.2, 0.25) is 5.91 Å². The van der Waals surface area contributed by atoms with Gasteiger partial charge in [-0.05, 0) is 43.1 Å². The van der Waals surface area contributed by atoms with Crippen LogP contribution in [0.25, 0.3) is 0 Å². The van der Waals surface area contributed by atoms with Crippen molar-refractivity contribution in [2.75, 3.05) is 42.9 Å². The summed E-state index contributed by atoms with van der Waals surface area (Å²) >= 11 is 12.5. The zero-order valence-electron chi connectivity index (χ0n) is 17.6. The lowest BCUT2D eigenvalue weighted by Crippen LogP contribution is -2.46. The predicted octanol–water partition coefficient (Wildman–Crippen LogP) is 4.81. The van der Waals surface area contributed by atoms with Crippen molar-refractivity contribution < 1.29 is 14.3 Å². The third-order valence-electron chi connectivity index (χ3n) is 5.71. The fourth-order valence-electron chi connectivity index (χ4n) is 3.99. The van der Waals surface area contributed by atoms with Crippen LogP contribution in [0.3, 0.4) is 0 Å². The van der Waals surface area contributed by atoms with Crippen LogP contribution in [-0.4, -0.2) is 49.5 Å². The highest BCUT2D eigenvalue weighted by atomic mass is 35.5. The van der Waals surface area contributed by atoms with E-state index in [4.69, 9.17) is 27.9 Å². The number of carbonyl (C=O) groups excluding carboxylic acids is 2. The molecule has 0 radical (unpaired) electrons. The van der Waals surface area contributed by atoms with Gasteiger partial charge in [-0.25, -0.2) is 0 Å². The molecule has 0 aromatic heterocycles. The average molecular weight is 499 g/mol. The zero-order chi connectivity index (χ0) is 21.8. The van der Waals surface area contributed by atoms with Crippen LogP contribution in [0.4, 0.5) is 11.4 Å². The van der Waals surface area contributed by atoms with E-state index in [1.54, 1.807) is 18.2 Å². The number of hydrogen-bond donors (Lipinski definition) is 1. The normalized spacial score (nSPS) is 16.1. The maximum Gasteiger partial charge on any atom is 0.311 e. The van der Waals surface area contributed by atoms with Crippen molar-refractivity contribution in [3.63, 3.8) is 0 Å². The summed E-state index contributed by atoms with van der Waals surface area (Å²) < 4.78 is 5.46. The summed E-state index contributed by atoms with van der Waals surface area (Å²) in [6.45, 7) is 4.38. The summed E-state index contributed by atoms with van der Waals surface area (Å²) in [6, 6.07) is 11.1. The van der Waals surface area contributed by atoms with Crippen molar-refractivity contribution >= 4 is 58.9 Å². The lowest BCUT2D eigenvalue weighted by atomic mass is 10.0. The fourth-order valence-corrected chi connectivity index (χ4v) is 4.41. The van der Waals surface area contributed by atoms with E-state index in [2.05, 4.69) is 15.1 Å². The van der Waals surface area contributed by atoms with Gasteiger partial charge in [0.05, 0.1) is 15.7 Å². The number of carbonyl (C=O) groups is 2. The Morgan fingerprint density at radius 2 is 1.84 bits per heavy atom. The van der Waals surface area contributed by atoms with Gasteiger partial charge in [0.25, 0.3) is 0 Å². The molecule has 0 saturated carbocycles. The van der Waals surface area contributed by atoms with E-state index >= 15 is 0 Å². The number of halogens is 3. The Morgan fingerprint density at radius 1 is 1.06 bits per heavy atom. The number of esters is 1. The maximum atomic E-state index is 12.2. The van der Waals surface area contributed by atoms with Crippen molar-refractivity contribution in [3.05, 3.63) is 52.0 Å². The maximum absolute atomic E-state index is 12.2. The van der Waals surface area contributed by atoms with Crippen molar-refractivity contribution in [2.24, 2.45) is 0 Å². The van der Waals surface area contributed by atoms with Crippen LogP contribution in [0, 0.1) is 0 Å². The second kappa shape index (κ2) is 11.2. The van der Waals surface area contributed by atoms with Crippen molar-refractivity contribution in [1.29, 1.82) is 0 Å². The van der Waals surface area contributed by atoms with Crippen LogP contribution in [-0.2, 0) is 16.0 Å². The van der Waals surface area contributed by atoms with Gasteiger partial charge in [0.1, 0.15) is 5.75 Å².